The molecular formula is C25H25FN6O. The van der Waals surface area contributed by atoms with E-state index >= 15 is 0 Å². The van der Waals surface area contributed by atoms with Crippen molar-refractivity contribution >= 4 is 28.3 Å². The fraction of sp³-hybridized carbons (Fsp3) is 0.280. The first-order chi connectivity index (χ1) is 16.0. The Morgan fingerprint density at radius 1 is 1.09 bits per heavy atom. The van der Waals surface area contributed by atoms with E-state index < -0.39 is 0 Å². The van der Waals surface area contributed by atoms with Crippen molar-refractivity contribution in [2.75, 3.05) is 23.3 Å². The number of benzene rings is 2. The van der Waals surface area contributed by atoms with Crippen LogP contribution < -0.4 is 10.2 Å². The molecule has 168 valence electrons. The third-order valence-corrected chi connectivity index (χ3v) is 6.17. The molecule has 0 bridgehead atoms. The van der Waals surface area contributed by atoms with Gasteiger partial charge in [0.25, 0.3) is 0 Å². The predicted octanol–water partition coefficient (Wildman–Crippen LogP) is 4.43. The number of piperidine rings is 1. The highest BCUT2D eigenvalue weighted by Crippen LogP contribution is 2.31. The summed E-state index contributed by atoms with van der Waals surface area (Å²) in [6, 6.07) is 15.9. The van der Waals surface area contributed by atoms with Crippen LogP contribution in [0.1, 0.15) is 24.2 Å². The number of fused-ring (bicyclic) bond motifs is 1. The van der Waals surface area contributed by atoms with Crippen molar-refractivity contribution in [1.82, 2.24) is 20.0 Å². The van der Waals surface area contributed by atoms with Crippen molar-refractivity contribution in [3.8, 4) is 5.69 Å². The molecule has 2 aromatic carbocycles. The number of carbonyl (C=O) groups is 1. The molecule has 1 N–H and O–H groups in total. The first kappa shape index (κ1) is 21.1. The summed E-state index contributed by atoms with van der Waals surface area (Å²) in [5.74, 6) is -0.0403. The second kappa shape index (κ2) is 8.61. The minimum Gasteiger partial charge on any atom is -0.352 e. The number of amides is 1. The highest BCUT2D eigenvalue weighted by Gasteiger charge is 2.29. The van der Waals surface area contributed by atoms with Gasteiger partial charge in [-0.15, -0.1) is 5.10 Å². The van der Waals surface area contributed by atoms with Gasteiger partial charge in [-0.1, -0.05) is 24.3 Å². The molecule has 1 unspecified atom stereocenters. The number of aromatic nitrogens is 4. The van der Waals surface area contributed by atoms with Gasteiger partial charge in [-0.3, -0.25) is 4.79 Å². The van der Waals surface area contributed by atoms with Crippen LogP contribution in [0.15, 0.2) is 54.6 Å². The summed E-state index contributed by atoms with van der Waals surface area (Å²) in [4.78, 5) is 15.0. The van der Waals surface area contributed by atoms with Crippen molar-refractivity contribution in [3.05, 3.63) is 71.8 Å². The lowest BCUT2D eigenvalue weighted by Gasteiger charge is -2.32. The summed E-state index contributed by atoms with van der Waals surface area (Å²) in [6.07, 6.45) is 1.61. The van der Waals surface area contributed by atoms with Crippen LogP contribution in [0.2, 0.25) is 0 Å². The average Bonchev–Trinajstić information content (AvgIpc) is 3.18. The molecule has 1 atom stereocenters. The summed E-state index contributed by atoms with van der Waals surface area (Å²) in [5.41, 5.74) is 4.05. The molecule has 2 aromatic heterocycles. The van der Waals surface area contributed by atoms with Gasteiger partial charge < -0.3 is 10.2 Å². The van der Waals surface area contributed by atoms with E-state index in [0.29, 0.717) is 18.1 Å². The highest BCUT2D eigenvalue weighted by molar-refractivity contribution is 5.94. The van der Waals surface area contributed by atoms with Crippen molar-refractivity contribution in [2.45, 2.75) is 26.7 Å². The standard InChI is InChI=1S/C25H25FN6O/c1-16-22-17(2)32(21-11-4-3-5-12-21)30-23(22)24(29-28-16)31-13-7-8-18(15-31)25(33)27-20-10-6-9-19(26)14-20/h3-6,9-12,14,18H,7-8,13,15H2,1-2H3,(H,27,33). The Balaban J connectivity index is 1.45. The van der Waals surface area contributed by atoms with E-state index in [1.165, 1.54) is 12.1 Å². The third-order valence-electron chi connectivity index (χ3n) is 6.17. The Labute approximate surface area is 191 Å². The average molecular weight is 445 g/mol. The Hall–Kier alpha value is -3.81. The number of para-hydroxylation sites is 1. The summed E-state index contributed by atoms with van der Waals surface area (Å²) >= 11 is 0. The monoisotopic (exact) mass is 444 g/mol. The molecule has 1 amide bonds. The van der Waals surface area contributed by atoms with Crippen LogP contribution >= 0.6 is 0 Å². The number of rotatable bonds is 4. The third kappa shape index (κ3) is 4.04. The molecule has 0 aliphatic carbocycles. The number of nitrogens with one attached hydrogen (secondary N) is 1. The first-order valence-electron chi connectivity index (χ1n) is 11.1. The molecule has 0 saturated carbocycles. The molecule has 33 heavy (non-hydrogen) atoms. The molecule has 1 saturated heterocycles. The molecule has 8 heteroatoms. The van der Waals surface area contributed by atoms with E-state index in [4.69, 9.17) is 5.10 Å². The molecule has 1 fully saturated rings. The molecule has 5 rings (SSSR count). The summed E-state index contributed by atoms with van der Waals surface area (Å²) in [7, 11) is 0. The van der Waals surface area contributed by atoms with Crippen LogP contribution in [0, 0.1) is 25.6 Å². The maximum absolute atomic E-state index is 13.5. The van der Waals surface area contributed by atoms with Gasteiger partial charge in [-0.05, 0) is 57.0 Å². The van der Waals surface area contributed by atoms with Crippen LogP contribution in [-0.2, 0) is 4.79 Å². The minimum absolute atomic E-state index is 0.118. The van der Waals surface area contributed by atoms with E-state index in [1.54, 1.807) is 12.1 Å². The van der Waals surface area contributed by atoms with Crippen molar-refractivity contribution in [1.29, 1.82) is 0 Å². The number of carbonyl (C=O) groups excluding carboxylic acids is 1. The van der Waals surface area contributed by atoms with E-state index in [9.17, 15) is 9.18 Å². The number of hydrogen-bond donors (Lipinski definition) is 1. The van der Waals surface area contributed by atoms with Crippen LogP contribution in [0.3, 0.4) is 0 Å². The van der Waals surface area contributed by atoms with Gasteiger partial charge in [0, 0.05) is 18.8 Å². The molecule has 0 radical (unpaired) electrons. The molecule has 1 aliphatic heterocycles. The van der Waals surface area contributed by atoms with Gasteiger partial charge in [-0.2, -0.15) is 10.2 Å². The Kier molecular flexibility index (Phi) is 5.50. The van der Waals surface area contributed by atoms with E-state index in [2.05, 4.69) is 20.4 Å². The Morgan fingerprint density at radius 2 is 1.91 bits per heavy atom. The lowest BCUT2D eigenvalue weighted by molar-refractivity contribution is -0.120. The van der Waals surface area contributed by atoms with Crippen molar-refractivity contribution in [2.24, 2.45) is 5.92 Å². The summed E-state index contributed by atoms with van der Waals surface area (Å²) in [6.45, 7) is 5.25. The number of anilines is 2. The van der Waals surface area contributed by atoms with E-state index in [-0.39, 0.29) is 17.6 Å². The SMILES string of the molecule is Cc1nnc(N2CCCC(C(=O)Nc3cccc(F)c3)C2)c2nn(-c3ccccc3)c(C)c12. The zero-order valence-corrected chi connectivity index (χ0v) is 18.6. The van der Waals surface area contributed by atoms with Crippen LogP contribution in [0.5, 0.6) is 0 Å². The van der Waals surface area contributed by atoms with Crippen LogP contribution in [0.4, 0.5) is 15.9 Å². The summed E-state index contributed by atoms with van der Waals surface area (Å²) in [5, 5.41) is 17.6. The van der Waals surface area contributed by atoms with Crippen LogP contribution in [-0.4, -0.2) is 39.0 Å². The first-order valence-corrected chi connectivity index (χ1v) is 11.1. The second-order valence-electron chi connectivity index (χ2n) is 8.45. The number of hydrogen-bond acceptors (Lipinski definition) is 5. The quantitative estimate of drug-likeness (QED) is 0.504. The van der Waals surface area contributed by atoms with E-state index in [1.807, 2.05) is 48.9 Å². The smallest absolute Gasteiger partial charge is 0.229 e. The largest absolute Gasteiger partial charge is 0.352 e. The van der Waals surface area contributed by atoms with Gasteiger partial charge in [-0.25, -0.2) is 9.07 Å². The van der Waals surface area contributed by atoms with Crippen molar-refractivity contribution in [3.63, 3.8) is 0 Å². The number of halogens is 1. The topological polar surface area (TPSA) is 75.9 Å². The Bertz CT molecular complexity index is 1320. The zero-order chi connectivity index (χ0) is 22.9. The zero-order valence-electron chi connectivity index (χ0n) is 18.6. The van der Waals surface area contributed by atoms with Gasteiger partial charge in [0.15, 0.2) is 5.82 Å². The molecule has 0 spiro atoms. The fourth-order valence-corrected chi connectivity index (χ4v) is 4.54. The number of nitrogens with zero attached hydrogens (tertiary/aromatic N) is 5. The van der Waals surface area contributed by atoms with Gasteiger partial charge in [0.05, 0.1) is 28.4 Å². The van der Waals surface area contributed by atoms with Crippen molar-refractivity contribution < 1.29 is 9.18 Å². The number of aryl methyl sites for hydroxylation is 2. The minimum atomic E-state index is -0.375. The fourth-order valence-electron chi connectivity index (χ4n) is 4.54. The maximum atomic E-state index is 13.5. The van der Waals surface area contributed by atoms with Crippen LogP contribution in [0.25, 0.3) is 16.6 Å². The summed E-state index contributed by atoms with van der Waals surface area (Å²) < 4.78 is 15.4. The van der Waals surface area contributed by atoms with Gasteiger partial charge in [0.1, 0.15) is 11.3 Å². The predicted molar refractivity (Wildman–Crippen MR) is 126 cm³/mol. The normalized spacial score (nSPS) is 16.2. The maximum Gasteiger partial charge on any atom is 0.229 e. The lowest BCUT2D eigenvalue weighted by Crippen LogP contribution is -2.41. The molecule has 4 aromatic rings. The second-order valence-corrected chi connectivity index (χ2v) is 8.45. The molecule has 1 aliphatic rings. The molecule has 7 nitrogen and oxygen atoms in total. The van der Waals surface area contributed by atoms with Gasteiger partial charge in [0.2, 0.25) is 5.91 Å². The van der Waals surface area contributed by atoms with Gasteiger partial charge >= 0.3 is 0 Å². The Morgan fingerprint density at radius 3 is 2.70 bits per heavy atom. The molecule has 3 heterocycles. The highest BCUT2D eigenvalue weighted by atomic mass is 19.1. The molecular weight excluding hydrogens is 419 g/mol. The van der Waals surface area contributed by atoms with E-state index in [0.717, 1.165) is 47.4 Å². The lowest BCUT2D eigenvalue weighted by atomic mass is 9.97.